The van der Waals surface area contributed by atoms with Gasteiger partial charge in [-0.05, 0) is 31.2 Å². The van der Waals surface area contributed by atoms with Gasteiger partial charge in [0, 0.05) is 65.4 Å². The number of fused-ring (bicyclic) bond motifs is 8. The van der Waals surface area contributed by atoms with E-state index in [1.165, 1.54) is 0 Å². The maximum atomic E-state index is 12.3. The van der Waals surface area contributed by atoms with Gasteiger partial charge in [-0.3, -0.25) is 39.0 Å². The van der Waals surface area contributed by atoms with E-state index in [2.05, 4.69) is 20.1 Å². The van der Waals surface area contributed by atoms with Crippen molar-refractivity contribution in [3.05, 3.63) is 59.7 Å². The first-order valence-corrected chi connectivity index (χ1v) is 15.0. The number of carboxylic acid groups (broad SMARTS) is 2. The van der Waals surface area contributed by atoms with Gasteiger partial charge in [0.15, 0.2) is 0 Å². The van der Waals surface area contributed by atoms with Crippen LogP contribution in [0.5, 0.6) is 0 Å². The molecule has 6 heterocycles. The van der Waals surface area contributed by atoms with Gasteiger partial charge in [-0.15, -0.1) is 5.10 Å². The fraction of sp³-hybridized carbons (Fsp3) is 0.500. The number of carboxylic acids is 2. The number of nitrogens with zero attached hydrogens (tertiary/aromatic N) is 9. The van der Waals surface area contributed by atoms with E-state index in [-0.39, 0.29) is 13.1 Å². The van der Waals surface area contributed by atoms with Crippen LogP contribution >= 0.6 is 0 Å². The summed E-state index contributed by atoms with van der Waals surface area (Å²) < 4.78 is 6.72. The molecule has 4 atom stereocenters. The third-order valence-corrected chi connectivity index (χ3v) is 8.40. The molecule has 45 heavy (non-hydrogen) atoms. The number of aromatic nitrogens is 5. The van der Waals surface area contributed by atoms with Crippen LogP contribution in [-0.4, -0.2) is 144 Å². The highest BCUT2D eigenvalue weighted by molar-refractivity contribution is 5.74. The second kappa shape index (κ2) is 15.1. The first-order chi connectivity index (χ1) is 21.8. The summed E-state index contributed by atoms with van der Waals surface area (Å²) in [6, 6.07) is 9.87. The van der Waals surface area contributed by atoms with Gasteiger partial charge >= 0.3 is 11.9 Å². The van der Waals surface area contributed by atoms with E-state index in [9.17, 15) is 24.6 Å². The molecule has 0 saturated carbocycles. The molecule has 3 aliphatic heterocycles. The molecule has 2 N–H and O–H groups in total. The average molecular weight is 622 g/mol. The highest BCUT2D eigenvalue weighted by Crippen LogP contribution is 2.19. The number of carbonyl (C=O) groups is 3. The molecule has 15 nitrogen and oxygen atoms in total. The second-order valence-corrected chi connectivity index (χ2v) is 11.3. The summed E-state index contributed by atoms with van der Waals surface area (Å²) in [5, 5.41) is 28.4. The third kappa shape index (κ3) is 8.45. The molecule has 0 amide bonds. The number of ether oxygens (including phenoxy) is 1. The molecule has 2 unspecified atom stereocenters. The van der Waals surface area contributed by atoms with E-state index in [1.54, 1.807) is 17.8 Å². The Kier molecular flexibility index (Phi) is 10.8. The standard InChI is InChI=1S/C30H39N9O6/c1-22(29(41)42)37-12-8-35-10-14-38(28(30(43)44)20-45-21-40)15-11-36(9-13-37)18-24-6-3-7-26(33-24)27-16-31-34-39(27)19-25-5-2-4-23(17-35)32-25/h2-7,16,21-22,28H,8-15,17-20H2,1H3,(H,41,42)(H,43,44)/t22-,28-/m1/s1. The highest BCUT2D eigenvalue weighted by atomic mass is 16.5. The van der Waals surface area contributed by atoms with E-state index >= 15 is 0 Å². The molecule has 3 aromatic rings. The van der Waals surface area contributed by atoms with Crippen molar-refractivity contribution in [2.45, 2.75) is 38.6 Å². The van der Waals surface area contributed by atoms with Gasteiger partial charge in [-0.2, -0.15) is 0 Å². The smallest absolute Gasteiger partial charge is 0.324 e. The minimum atomic E-state index is -1.07. The summed E-state index contributed by atoms with van der Waals surface area (Å²) >= 11 is 0. The van der Waals surface area contributed by atoms with Crippen molar-refractivity contribution < 1.29 is 29.3 Å². The number of hydrogen-bond acceptors (Lipinski definition) is 12. The van der Waals surface area contributed by atoms with Crippen molar-refractivity contribution >= 4 is 18.4 Å². The maximum absolute atomic E-state index is 12.3. The van der Waals surface area contributed by atoms with E-state index in [4.69, 9.17) is 14.7 Å². The zero-order valence-corrected chi connectivity index (χ0v) is 25.3. The van der Waals surface area contributed by atoms with Crippen LogP contribution in [0, 0.1) is 0 Å². The Hall–Kier alpha value is -4.31. The largest absolute Gasteiger partial charge is 0.480 e. The van der Waals surface area contributed by atoms with Crippen LogP contribution in [0.2, 0.25) is 0 Å². The average Bonchev–Trinajstić information content (AvgIpc) is 3.48. The molecular weight excluding hydrogens is 582 g/mol. The van der Waals surface area contributed by atoms with Gasteiger partial charge in [-0.25, -0.2) is 9.67 Å². The topological polar surface area (TPSA) is 170 Å². The van der Waals surface area contributed by atoms with E-state index in [0.29, 0.717) is 77.7 Å². The minimum Gasteiger partial charge on any atom is -0.480 e. The third-order valence-electron chi connectivity index (χ3n) is 8.40. The normalized spacial score (nSPS) is 21.5. The number of aliphatic carboxylic acids is 2. The summed E-state index contributed by atoms with van der Waals surface area (Å²) in [5.41, 5.74) is 3.87. The lowest BCUT2D eigenvalue weighted by Gasteiger charge is -2.36. The highest BCUT2D eigenvalue weighted by Gasteiger charge is 2.29. The molecule has 1 saturated heterocycles. The maximum Gasteiger partial charge on any atom is 0.324 e. The van der Waals surface area contributed by atoms with Crippen LogP contribution in [0.25, 0.3) is 11.4 Å². The van der Waals surface area contributed by atoms with Crippen LogP contribution in [-0.2, 0) is 38.8 Å². The first-order valence-electron chi connectivity index (χ1n) is 15.0. The predicted octanol–water partition coefficient (Wildman–Crippen LogP) is 0.118. The number of carbonyl (C=O) groups excluding carboxylic acids is 1. The fourth-order valence-electron chi connectivity index (χ4n) is 5.76. The SMILES string of the molecule is C[C@H](C(=O)O)N1CCN2CCN([C@H](COC=O)C(=O)O)CCN(CC1)Cc1cccc(n1)-c1cnnn1Cc1cccc(n1)C2. The van der Waals surface area contributed by atoms with Gasteiger partial charge in [0.05, 0.1) is 35.5 Å². The van der Waals surface area contributed by atoms with Crippen molar-refractivity contribution in [2.24, 2.45) is 0 Å². The van der Waals surface area contributed by atoms with E-state index in [0.717, 1.165) is 22.8 Å². The predicted molar refractivity (Wildman–Crippen MR) is 161 cm³/mol. The Bertz CT molecular complexity index is 1470. The first kappa shape index (κ1) is 32.1. The summed E-state index contributed by atoms with van der Waals surface area (Å²) in [4.78, 5) is 53.4. The van der Waals surface area contributed by atoms with Crippen LogP contribution in [0.4, 0.5) is 0 Å². The molecule has 15 heteroatoms. The second-order valence-electron chi connectivity index (χ2n) is 11.3. The van der Waals surface area contributed by atoms with Gasteiger partial charge < -0.3 is 14.9 Å². The van der Waals surface area contributed by atoms with Gasteiger partial charge in [0.2, 0.25) is 0 Å². The zero-order chi connectivity index (χ0) is 31.8. The van der Waals surface area contributed by atoms with Crippen molar-refractivity contribution in [3.63, 3.8) is 0 Å². The molecule has 1 fully saturated rings. The molecule has 6 rings (SSSR count). The Labute approximate surface area is 261 Å². The monoisotopic (exact) mass is 621 g/mol. The lowest BCUT2D eigenvalue weighted by molar-refractivity contribution is -0.147. The molecular formula is C30H39N9O6. The Morgan fingerprint density at radius 2 is 1.40 bits per heavy atom. The Morgan fingerprint density at radius 1 is 0.822 bits per heavy atom. The van der Waals surface area contributed by atoms with Crippen molar-refractivity contribution in [1.82, 2.24) is 44.6 Å². The van der Waals surface area contributed by atoms with Gasteiger partial charge in [0.25, 0.3) is 6.47 Å². The molecule has 6 bridgehead atoms. The van der Waals surface area contributed by atoms with Crippen molar-refractivity contribution in [3.8, 4) is 11.4 Å². The summed E-state index contributed by atoms with van der Waals surface area (Å²) in [7, 11) is 0. The lowest BCUT2D eigenvalue weighted by Crippen LogP contribution is -2.52. The fourth-order valence-corrected chi connectivity index (χ4v) is 5.76. The van der Waals surface area contributed by atoms with E-state index < -0.39 is 24.0 Å². The zero-order valence-electron chi connectivity index (χ0n) is 25.3. The van der Waals surface area contributed by atoms with Gasteiger partial charge in [0.1, 0.15) is 24.4 Å². The molecule has 3 aromatic heterocycles. The van der Waals surface area contributed by atoms with Crippen LogP contribution in [0.1, 0.15) is 24.0 Å². The lowest BCUT2D eigenvalue weighted by atomic mass is 10.2. The molecule has 0 spiro atoms. The summed E-state index contributed by atoms with van der Waals surface area (Å²) in [5.74, 6) is -1.96. The van der Waals surface area contributed by atoms with Crippen LogP contribution in [0.3, 0.4) is 0 Å². The van der Waals surface area contributed by atoms with Crippen LogP contribution in [0.15, 0.2) is 42.6 Å². The van der Waals surface area contributed by atoms with Crippen molar-refractivity contribution in [1.29, 1.82) is 0 Å². The molecule has 3 aliphatic rings. The molecule has 0 aliphatic carbocycles. The minimum absolute atomic E-state index is 0.266. The summed E-state index contributed by atoms with van der Waals surface area (Å²) in [6.45, 7) is 6.82. The number of hydrogen-bond donors (Lipinski definition) is 2. The number of pyridine rings is 2. The number of rotatable bonds is 7. The molecule has 240 valence electrons. The Morgan fingerprint density at radius 3 is 2.00 bits per heavy atom. The molecule has 0 radical (unpaired) electrons. The molecule has 0 aromatic carbocycles. The quantitative estimate of drug-likeness (QED) is 0.341. The Balaban J connectivity index is 1.57. The van der Waals surface area contributed by atoms with E-state index in [1.807, 2.05) is 46.2 Å². The summed E-state index contributed by atoms with van der Waals surface area (Å²) in [6.07, 6.45) is 1.68. The van der Waals surface area contributed by atoms with Crippen LogP contribution < -0.4 is 0 Å². The van der Waals surface area contributed by atoms with Gasteiger partial charge in [-0.1, -0.05) is 17.3 Å². The van der Waals surface area contributed by atoms with Crippen molar-refractivity contribution in [2.75, 3.05) is 59.0 Å².